The Kier molecular flexibility index (Phi) is 5.80. The molecule has 0 spiro atoms. The Labute approximate surface area is 121 Å². The van der Waals surface area contributed by atoms with Gasteiger partial charge in [-0.3, -0.25) is 10.4 Å². The lowest BCUT2D eigenvalue weighted by Gasteiger charge is -2.24. The number of guanidine groups is 1. The third-order valence-electron chi connectivity index (χ3n) is 3.84. The summed E-state index contributed by atoms with van der Waals surface area (Å²) >= 11 is 0. The Balaban J connectivity index is 1.96. The van der Waals surface area contributed by atoms with Crippen LogP contribution in [0.15, 0.2) is 23.3 Å². The third kappa shape index (κ3) is 4.20. The van der Waals surface area contributed by atoms with Crippen molar-refractivity contribution in [2.75, 3.05) is 0 Å². The van der Waals surface area contributed by atoms with E-state index in [1.807, 2.05) is 12.3 Å². The Morgan fingerprint density at radius 1 is 1.40 bits per heavy atom. The van der Waals surface area contributed by atoms with Crippen LogP contribution in [0.3, 0.4) is 0 Å². The molecule has 1 fully saturated rings. The van der Waals surface area contributed by atoms with Gasteiger partial charge in [-0.15, -0.1) is 0 Å². The first-order chi connectivity index (χ1) is 9.83. The molecular formula is C15H25N5. The smallest absolute Gasteiger partial charge is 0.206 e. The molecule has 0 unspecified atom stereocenters. The molecule has 0 saturated heterocycles. The SMILES string of the molecule is CCc1cccnc1CN=C(NN)NC1CCCCC1. The molecule has 2 rings (SSSR count). The molecule has 4 N–H and O–H groups in total. The van der Waals surface area contributed by atoms with Crippen LogP contribution in [0.2, 0.25) is 0 Å². The van der Waals surface area contributed by atoms with Gasteiger partial charge in [-0.25, -0.2) is 10.8 Å². The van der Waals surface area contributed by atoms with Crippen molar-refractivity contribution in [3.63, 3.8) is 0 Å². The van der Waals surface area contributed by atoms with Gasteiger partial charge in [0.25, 0.3) is 0 Å². The molecule has 0 aromatic carbocycles. The molecular weight excluding hydrogens is 250 g/mol. The fraction of sp³-hybridized carbons (Fsp3) is 0.600. The number of aryl methyl sites for hydroxylation is 1. The summed E-state index contributed by atoms with van der Waals surface area (Å²) < 4.78 is 0. The number of rotatable bonds is 4. The van der Waals surface area contributed by atoms with E-state index in [1.165, 1.54) is 37.7 Å². The molecule has 0 aliphatic heterocycles. The van der Waals surface area contributed by atoms with E-state index in [2.05, 4.69) is 33.7 Å². The average molecular weight is 275 g/mol. The minimum absolute atomic E-state index is 0.493. The molecule has 1 aromatic heterocycles. The van der Waals surface area contributed by atoms with Crippen molar-refractivity contribution < 1.29 is 0 Å². The molecule has 20 heavy (non-hydrogen) atoms. The van der Waals surface area contributed by atoms with E-state index in [9.17, 15) is 0 Å². The zero-order chi connectivity index (χ0) is 14.2. The van der Waals surface area contributed by atoms with Crippen molar-refractivity contribution >= 4 is 5.96 Å². The summed E-state index contributed by atoms with van der Waals surface area (Å²) in [6.45, 7) is 2.69. The fourth-order valence-electron chi connectivity index (χ4n) is 2.66. The lowest BCUT2D eigenvalue weighted by molar-refractivity contribution is 0.410. The largest absolute Gasteiger partial charge is 0.353 e. The quantitative estimate of drug-likeness (QED) is 0.339. The topological polar surface area (TPSA) is 75.3 Å². The maximum Gasteiger partial charge on any atom is 0.206 e. The van der Waals surface area contributed by atoms with Gasteiger partial charge in [0.2, 0.25) is 5.96 Å². The molecule has 5 nitrogen and oxygen atoms in total. The zero-order valence-electron chi connectivity index (χ0n) is 12.2. The molecule has 110 valence electrons. The summed E-state index contributed by atoms with van der Waals surface area (Å²) in [5.41, 5.74) is 4.93. The first-order valence-electron chi connectivity index (χ1n) is 7.54. The first-order valence-corrected chi connectivity index (χ1v) is 7.54. The number of nitrogens with zero attached hydrogens (tertiary/aromatic N) is 2. The van der Waals surface area contributed by atoms with Crippen LogP contribution >= 0.6 is 0 Å². The van der Waals surface area contributed by atoms with E-state index in [-0.39, 0.29) is 0 Å². The van der Waals surface area contributed by atoms with Crippen molar-refractivity contribution in [3.8, 4) is 0 Å². The number of pyridine rings is 1. The second-order valence-electron chi connectivity index (χ2n) is 5.25. The summed E-state index contributed by atoms with van der Waals surface area (Å²) in [6, 6.07) is 4.56. The predicted molar refractivity (Wildman–Crippen MR) is 82.1 cm³/mol. The second kappa shape index (κ2) is 7.85. The van der Waals surface area contributed by atoms with Crippen molar-refractivity contribution in [1.29, 1.82) is 0 Å². The summed E-state index contributed by atoms with van der Waals surface area (Å²) in [6.07, 6.45) is 9.10. The predicted octanol–water partition coefficient (Wildman–Crippen LogP) is 1.89. The van der Waals surface area contributed by atoms with Crippen LogP contribution in [0.4, 0.5) is 0 Å². The Morgan fingerprint density at radius 3 is 2.90 bits per heavy atom. The molecule has 0 amide bonds. The highest BCUT2D eigenvalue weighted by Gasteiger charge is 2.14. The molecule has 1 aliphatic carbocycles. The molecule has 1 aliphatic rings. The zero-order valence-corrected chi connectivity index (χ0v) is 12.2. The van der Waals surface area contributed by atoms with Crippen molar-refractivity contribution in [2.45, 2.75) is 58.0 Å². The highest BCUT2D eigenvalue weighted by atomic mass is 15.3. The minimum atomic E-state index is 0.493. The van der Waals surface area contributed by atoms with Gasteiger partial charge >= 0.3 is 0 Å². The summed E-state index contributed by atoms with van der Waals surface area (Å²) in [4.78, 5) is 8.92. The molecule has 1 aromatic rings. The van der Waals surface area contributed by atoms with Gasteiger partial charge in [0.1, 0.15) is 0 Å². The number of hydrogen-bond acceptors (Lipinski definition) is 3. The van der Waals surface area contributed by atoms with Gasteiger partial charge in [0.15, 0.2) is 0 Å². The Hall–Kier alpha value is -1.62. The van der Waals surface area contributed by atoms with Crippen LogP contribution in [-0.4, -0.2) is 17.0 Å². The lowest BCUT2D eigenvalue weighted by Crippen LogP contribution is -2.47. The van der Waals surface area contributed by atoms with Crippen molar-refractivity contribution in [1.82, 2.24) is 15.7 Å². The van der Waals surface area contributed by atoms with Gasteiger partial charge in [0.05, 0.1) is 12.2 Å². The maximum atomic E-state index is 5.56. The van der Waals surface area contributed by atoms with Crippen LogP contribution in [0.1, 0.15) is 50.3 Å². The van der Waals surface area contributed by atoms with E-state index in [1.54, 1.807) is 0 Å². The number of hydrogen-bond donors (Lipinski definition) is 3. The van der Waals surface area contributed by atoms with E-state index >= 15 is 0 Å². The van der Waals surface area contributed by atoms with E-state index < -0.39 is 0 Å². The van der Waals surface area contributed by atoms with Crippen molar-refractivity contribution in [3.05, 3.63) is 29.6 Å². The highest BCUT2D eigenvalue weighted by molar-refractivity contribution is 5.79. The van der Waals surface area contributed by atoms with Crippen LogP contribution in [0, 0.1) is 0 Å². The summed E-state index contributed by atoms with van der Waals surface area (Å²) in [7, 11) is 0. The second-order valence-corrected chi connectivity index (χ2v) is 5.25. The third-order valence-corrected chi connectivity index (χ3v) is 3.84. The monoisotopic (exact) mass is 275 g/mol. The average Bonchev–Trinajstić information content (AvgIpc) is 2.52. The lowest BCUT2D eigenvalue weighted by atomic mass is 9.96. The fourth-order valence-corrected chi connectivity index (χ4v) is 2.66. The van der Waals surface area contributed by atoms with E-state index in [0.29, 0.717) is 18.5 Å². The van der Waals surface area contributed by atoms with Gasteiger partial charge in [-0.2, -0.15) is 0 Å². The number of aromatic nitrogens is 1. The van der Waals surface area contributed by atoms with Crippen LogP contribution in [0.5, 0.6) is 0 Å². The highest BCUT2D eigenvalue weighted by Crippen LogP contribution is 2.17. The van der Waals surface area contributed by atoms with Crippen LogP contribution in [-0.2, 0) is 13.0 Å². The van der Waals surface area contributed by atoms with Gasteiger partial charge in [-0.1, -0.05) is 32.3 Å². The molecule has 5 heteroatoms. The summed E-state index contributed by atoms with van der Waals surface area (Å²) in [5.74, 6) is 6.23. The normalized spacial score (nSPS) is 17.0. The van der Waals surface area contributed by atoms with Crippen LogP contribution in [0.25, 0.3) is 0 Å². The van der Waals surface area contributed by atoms with Gasteiger partial charge in [0, 0.05) is 12.2 Å². The minimum Gasteiger partial charge on any atom is -0.353 e. The number of nitrogens with one attached hydrogen (secondary N) is 2. The molecule has 1 saturated carbocycles. The van der Waals surface area contributed by atoms with Crippen molar-refractivity contribution in [2.24, 2.45) is 10.8 Å². The Morgan fingerprint density at radius 2 is 2.20 bits per heavy atom. The Bertz CT molecular complexity index is 438. The molecule has 0 radical (unpaired) electrons. The van der Waals surface area contributed by atoms with E-state index in [4.69, 9.17) is 5.84 Å². The van der Waals surface area contributed by atoms with E-state index in [0.717, 1.165) is 12.1 Å². The van der Waals surface area contributed by atoms with Crippen LogP contribution < -0.4 is 16.6 Å². The molecule has 0 atom stereocenters. The number of hydrazine groups is 1. The maximum absolute atomic E-state index is 5.56. The molecule has 1 heterocycles. The molecule has 0 bridgehead atoms. The standard InChI is InChI=1S/C15H25N5/c1-2-12-7-6-10-17-14(12)11-18-15(20-16)19-13-8-4-3-5-9-13/h6-7,10,13H,2-5,8-9,11,16H2,1H3,(H2,18,19,20). The first kappa shape index (κ1) is 14.8. The number of aliphatic imine (C=N–C) groups is 1. The summed E-state index contributed by atoms with van der Waals surface area (Å²) in [5, 5.41) is 3.40. The van der Waals surface area contributed by atoms with Gasteiger partial charge in [-0.05, 0) is 30.9 Å². The number of nitrogens with two attached hydrogens (primary N) is 1. The van der Waals surface area contributed by atoms with Gasteiger partial charge < -0.3 is 5.32 Å².